The third kappa shape index (κ3) is 2.96. The monoisotopic (exact) mass is 243 g/mol. The van der Waals surface area contributed by atoms with Gasteiger partial charge in [-0.25, -0.2) is 4.39 Å². The molecule has 1 aromatic carbocycles. The molecule has 1 rings (SSSR count). The second kappa shape index (κ2) is 6.21. The first-order chi connectivity index (χ1) is 7.63. The Kier molecular flexibility index (Phi) is 5.23. The van der Waals surface area contributed by atoms with E-state index in [0.717, 1.165) is 12.8 Å². The smallest absolute Gasteiger partial charge is 0.129 e. The van der Waals surface area contributed by atoms with E-state index in [0.29, 0.717) is 16.5 Å². The van der Waals surface area contributed by atoms with Gasteiger partial charge >= 0.3 is 0 Å². The average Bonchev–Trinajstić information content (AvgIpc) is 2.27. The van der Waals surface area contributed by atoms with Crippen LogP contribution < -0.4 is 5.32 Å². The molecule has 16 heavy (non-hydrogen) atoms. The minimum absolute atomic E-state index is 0.0623. The van der Waals surface area contributed by atoms with Crippen molar-refractivity contribution in [1.82, 2.24) is 5.32 Å². The van der Waals surface area contributed by atoms with Crippen LogP contribution in [0.4, 0.5) is 4.39 Å². The summed E-state index contributed by atoms with van der Waals surface area (Å²) in [5, 5.41) is 3.64. The lowest BCUT2D eigenvalue weighted by molar-refractivity contribution is 0.350. The number of rotatable bonds is 5. The molecule has 0 fully saturated rings. The minimum atomic E-state index is -0.223. The van der Waals surface area contributed by atoms with Crippen molar-refractivity contribution in [2.75, 3.05) is 7.05 Å². The highest BCUT2D eigenvalue weighted by atomic mass is 35.5. The van der Waals surface area contributed by atoms with Crippen molar-refractivity contribution in [3.63, 3.8) is 0 Å². The van der Waals surface area contributed by atoms with Gasteiger partial charge in [0, 0.05) is 16.6 Å². The van der Waals surface area contributed by atoms with Gasteiger partial charge in [0.15, 0.2) is 0 Å². The van der Waals surface area contributed by atoms with Crippen molar-refractivity contribution in [3.05, 3.63) is 34.6 Å². The Morgan fingerprint density at radius 3 is 2.38 bits per heavy atom. The molecule has 0 aromatic heterocycles. The molecule has 0 saturated carbocycles. The molecule has 0 saturated heterocycles. The van der Waals surface area contributed by atoms with Crippen LogP contribution in [0.1, 0.15) is 38.3 Å². The lowest BCUT2D eigenvalue weighted by Crippen LogP contribution is -2.25. The summed E-state index contributed by atoms with van der Waals surface area (Å²) in [7, 11) is 1.87. The molecule has 90 valence electrons. The Labute approximate surface area is 102 Å². The first-order valence-corrected chi connectivity index (χ1v) is 6.14. The molecule has 0 aliphatic heterocycles. The van der Waals surface area contributed by atoms with Crippen molar-refractivity contribution in [3.8, 4) is 0 Å². The van der Waals surface area contributed by atoms with Crippen LogP contribution in [-0.2, 0) is 0 Å². The van der Waals surface area contributed by atoms with Gasteiger partial charge in [0.2, 0.25) is 0 Å². The lowest BCUT2D eigenvalue weighted by Gasteiger charge is -2.25. The molecular weight excluding hydrogens is 225 g/mol. The van der Waals surface area contributed by atoms with E-state index in [4.69, 9.17) is 11.6 Å². The number of hydrogen-bond acceptors (Lipinski definition) is 1. The number of halogens is 2. The fraction of sp³-hybridized carbons (Fsp3) is 0.538. The first kappa shape index (κ1) is 13.5. The second-order valence-electron chi connectivity index (χ2n) is 4.01. The van der Waals surface area contributed by atoms with E-state index in [2.05, 4.69) is 19.2 Å². The molecule has 0 amide bonds. The Balaban J connectivity index is 3.03. The summed E-state index contributed by atoms with van der Waals surface area (Å²) >= 11 is 5.75. The van der Waals surface area contributed by atoms with E-state index >= 15 is 0 Å². The predicted molar refractivity (Wildman–Crippen MR) is 67.3 cm³/mol. The van der Waals surface area contributed by atoms with Gasteiger partial charge in [-0.05, 0) is 25.1 Å². The fourth-order valence-corrected chi connectivity index (χ4v) is 2.32. The van der Waals surface area contributed by atoms with E-state index < -0.39 is 0 Å². The van der Waals surface area contributed by atoms with Crippen molar-refractivity contribution >= 4 is 11.6 Å². The van der Waals surface area contributed by atoms with Crippen molar-refractivity contribution < 1.29 is 4.39 Å². The standard InChI is InChI=1S/C13H19ClFN/c1-4-9(5-2)13(16-3)11-7-6-10(14)8-12(11)15/h6-9,13,16H,4-5H2,1-3H3. The van der Waals surface area contributed by atoms with Gasteiger partial charge in [-0.15, -0.1) is 0 Å². The van der Waals surface area contributed by atoms with E-state index in [1.54, 1.807) is 12.1 Å². The van der Waals surface area contributed by atoms with Crippen LogP contribution in [0.5, 0.6) is 0 Å². The highest BCUT2D eigenvalue weighted by Gasteiger charge is 2.21. The van der Waals surface area contributed by atoms with Crippen molar-refractivity contribution in [2.24, 2.45) is 5.92 Å². The highest BCUT2D eigenvalue weighted by molar-refractivity contribution is 6.30. The second-order valence-corrected chi connectivity index (χ2v) is 4.45. The summed E-state index contributed by atoms with van der Waals surface area (Å²) in [5.41, 5.74) is 0.709. The minimum Gasteiger partial charge on any atom is -0.313 e. The maximum absolute atomic E-state index is 13.8. The van der Waals surface area contributed by atoms with E-state index in [1.807, 2.05) is 7.05 Å². The summed E-state index contributed by atoms with van der Waals surface area (Å²) in [6, 6.07) is 4.96. The zero-order valence-electron chi connectivity index (χ0n) is 10.1. The molecule has 3 heteroatoms. The number of benzene rings is 1. The third-order valence-electron chi connectivity index (χ3n) is 3.13. The molecule has 0 bridgehead atoms. The summed E-state index contributed by atoms with van der Waals surface area (Å²) in [6.07, 6.45) is 2.06. The van der Waals surface area contributed by atoms with E-state index in [9.17, 15) is 4.39 Å². The van der Waals surface area contributed by atoms with Gasteiger partial charge in [-0.2, -0.15) is 0 Å². The molecular formula is C13H19ClFN. The summed E-state index contributed by atoms with van der Waals surface area (Å²) in [4.78, 5) is 0. The van der Waals surface area contributed by atoms with Crippen LogP contribution >= 0.6 is 11.6 Å². The Hall–Kier alpha value is -0.600. The highest BCUT2D eigenvalue weighted by Crippen LogP contribution is 2.29. The average molecular weight is 244 g/mol. The van der Waals surface area contributed by atoms with E-state index in [1.165, 1.54) is 6.07 Å². The SMILES string of the molecule is CCC(CC)C(NC)c1ccc(Cl)cc1F. The van der Waals surface area contributed by atoms with Crippen molar-refractivity contribution in [1.29, 1.82) is 0 Å². The van der Waals surface area contributed by atoms with Crippen LogP contribution in [-0.4, -0.2) is 7.05 Å². The predicted octanol–water partition coefficient (Wildman–Crippen LogP) is 4.18. The number of nitrogens with one attached hydrogen (secondary N) is 1. The van der Waals surface area contributed by atoms with Crippen LogP contribution in [0.2, 0.25) is 5.02 Å². The molecule has 0 heterocycles. The molecule has 0 aliphatic rings. The van der Waals surface area contributed by atoms with Crippen LogP contribution in [0.3, 0.4) is 0 Å². The first-order valence-electron chi connectivity index (χ1n) is 5.76. The van der Waals surface area contributed by atoms with Crippen molar-refractivity contribution in [2.45, 2.75) is 32.7 Å². The van der Waals surface area contributed by atoms with Gasteiger partial charge in [0.25, 0.3) is 0 Å². The van der Waals surface area contributed by atoms with E-state index in [-0.39, 0.29) is 11.9 Å². The quantitative estimate of drug-likeness (QED) is 0.818. The zero-order chi connectivity index (χ0) is 12.1. The normalized spacial score (nSPS) is 13.1. The Morgan fingerprint density at radius 1 is 1.31 bits per heavy atom. The summed E-state index contributed by atoms with van der Waals surface area (Å²) in [6.45, 7) is 4.26. The van der Waals surface area contributed by atoms with Gasteiger partial charge < -0.3 is 5.32 Å². The van der Waals surface area contributed by atoms with Gasteiger partial charge in [0.1, 0.15) is 5.82 Å². The molecule has 1 N–H and O–H groups in total. The lowest BCUT2D eigenvalue weighted by atomic mass is 9.89. The molecule has 1 unspecified atom stereocenters. The molecule has 0 spiro atoms. The van der Waals surface area contributed by atoms with Gasteiger partial charge in [-0.1, -0.05) is 44.4 Å². The fourth-order valence-electron chi connectivity index (χ4n) is 2.16. The van der Waals surface area contributed by atoms with Crippen LogP contribution in [0, 0.1) is 11.7 Å². The zero-order valence-corrected chi connectivity index (χ0v) is 10.8. The van der Waals surface area contributed by atoms with Gasteiger partial charge in [0.05, 0.1) is 0 Å². The Bertz CT molecular complexity index is 337. The maximum Gasteiger partial charge on any atom is 0.129 e. The molecule has 0 radical (unpaired) electrons. The largest absolute Gasteiger partial charge is 0.313 e. The van der Waals surface area contributed by atoms with Gasteiger partial charge in [-0.3, -0.25) is 0 Å². The Morgan fingerprint density at radius 2 is 1.94 bits per heavy atom. The summed E-state index contributed by atoms with van der Waals surface area (Å²) in [5.74, 6) is 0.222. The number of hydrogen-bond donors (Lipinski definition) is 1. The summed E-state index contributed by atoms with van der Waals surface area (Å²) < 4.78 is 13.8. The van der Waals surface area contributed by atoms with Crippen LogP contribution in [0.25, 0.3) is 0 Å². The van der Waals surface area contributed by atoms with Crippen LogP contribution in [0.15, 0.2) is 18.2 Å². The molecule has 1 aromatic rings. The molecule has 1 atom stereocenters. The topological polar surface area (TPSA) is 12.0 Å². The molecule has 1 nitrogen and oxygen atoms in total. The molecule has 0 aliphatic carbocycles. The maximum atomic E-state index is 13.8. The third-order valence-corrected chi connectivity index (χ3v) is 3.36.